The molecule has 0 aliphatic carbocycles. The van der Waals surface area contributed by atoms with Gasteiger partial charge in [0.15, 0.2) is 0 Å². The average molecular weight is 451 g/mol. The maximum Gasteiger partial charge on any atom is 0.280 e. The molecule has 0 saturated carbocycles. The summed E-state index contributed by atoms with van der Waals surface area (Å²) in [4.78, 5) is 30.2. The molecule has 0 atom stereocenters. The number of aromatic nitrogens is 2. The Morgan fingerprint density at radius 1 is 1.15 bits per heavy atom. The number of rotatable bonds is 4. The first-order chi connectivity index (χ1) is 12.7. The van der Waals surface area contributed by atoms with Gasteiger partial charge in [0.1, 0.15) is 5.82 Å². The smallest absolute Gasteiger partial charge is 0.280 e. The number of nitrogens with one attached hydrogen (secondary N) is 2. The fourth-order valence-electron chi connectivity index (χ4n) is 2.47. The Hall–Kier alpha value is -2.72. The first-order valence-electron chi connectivity index (χ1n) is 7.77. The van der Waals surface area contributed by atoms with E-state index in [0.29, 0.717) is 15.7 Å². The van der Waals surface area contributed by atoms with E-state index in [4.69, 9.17) is 0 Å². The van der Waals surface area contributed by atoms with Crippen molar-refractivity contribution in [3.8, 4) is 0 Å². The second kappa shape index (κ2) is 7.12. The molecule has 0 aliphatic rings. The molecule has 2 aromatic carbocycles. The standard InChI is InChI=1S/C17H15BrN4O4S/c1-10-19-16-8-3-12(18)9-15(16)17(24)22(10)21-27(25,26)14-6-4-13(5-7-14)20-11(2)23/h3-9,21H,1-2H3,(H,20,23). The highest BCUT2D eigenvalue weighted by molar-refractivity contribution is 9.10. The number of fused-ring (bicyclic) bond motifs is 1. The van der Waals surface area contributed by atoms with Gasteiger partial charge in [0, 0.05) is 17.1 Å². The van der Waals surface area contributed by atoms with Crippen molar-refractivity contribution in [2.75, 3.05) is 10.1 Å². The molecule has 0 bridgehead atoms. The number of halogens is 1. The van der Waals surface area contributed by atoms with Crippen LogP contribution in [0.2, 0.25) is 0 Å². The number of anilines is 1. The van der Waals surface area contributed by atoms with E-state index in [9.17, 15) is 18.0 Å². The van der Waals surface area contributed by atoms with Crippen molar-refractivity contribution in [2.45, 2.75) is 18.7 Å². The van der Waals surface area contributed by atoms with Crippen molar-refractivity contribution in [1.29, 1.82) is 0 Å². The molecule has 2 N–H and O–H groups in total. The van der Waals surface area contributed by atoms with Gasteiger partial charge in [-0.05, 0) is 49.4 Å². The lowest BCUT2D eigenvalue weighted by Crippen LogP contribution is -2.35. The molecule has 10 heteroatoms. The van der Waals surface area contributed by atoms with Gasteiger partial charge < -0.3 is 5.32 Å². The molecule has 0 saturated heterocycles. The van der Waals surface area contributed by atoms with E-state index < -0.39 is 15.6 Å². The van der Waals surface area contributed by atoms with Crippen molar-refractivity contribution in [2.24, 2.45) is 0 Å². The normalized spacial score (nSPS) is 11.4. The van der Waals surface area contributed by atoms with Crippen LogP contribution in [0, 0.1) is 6.92 Å². The van der Waals surface area contributed by atoms with Gasteiger partial charge in [-0.25, -0.2) is 9.82 Å². The quantitative estimate of drug-likeness (QED) is 0.633. The largest absolute Gasteiger partial charge is 0.326 e. The molecular weight excluding hydrogens is 436 g/mol. The Balaban J connectivity index is 2.00. The molecule has 1 amide bonds. The summed E-state index contributed by atoms with van der Waals surface area (Å²) in [6.45, 7) is 2.89. The molecule has 0 fully saturated rings. The fourth-order valence-corrected chi connectivity index (χ4v) is 3.89. The van der Waals surface area contributed by atoms with Crippen LogP contribution in [0.3, 0.4) is 0 Å². The van der Waals surface area contributed by atoms with Crippen LogP contribution in [0.1, 0.15) is 12.7 Å². The SMILES string of the molecule is CC(=O)Nc1ccc(S(=O)(=O)Nn2c(C)nc3ccc(Br)cc3c2=O)cc1. The summed E-state index contributed by atoms with van der Waals surface area (Å²) in [6, 6.07) is 10.6. The topological polar surface area (TPSA) is 110 Å². The zero-order chi connectivity index (χ0) is 19.8. The summed E-state index contributed by atoms with van der Waals surface area (Å²) in [7, 11) is -4.03. The predicted molar refractivity (Wildman–Crippen MR) is 106 cm³/mol. The average Bonchev–Trinajstić information content (AvgIpc) is 2.59. The predicted octanol–water partition coefficient (Wildman–Crippen LogP) is 2.36. The Bertz CT molecular complexity index is 1200. The second-order valence-corrected chi connectivity index (χ2v) is 8.34. The van der Waals surface area contributed by atoms with E-state index in [-0.39, 0.29) is 22.0 Å². The minimum absolute atomic E-state index is 0.0581. The van der Waals surface area contributed by atoms with Crippen LogP contribution >= 0.6 is 15.9 Å². The first kappa shape index (κ1) is 19.1. The molecule has 0 spiro atoms. The second-order valence-electron chi connectivity index (χ2n) is 5.76. The van der Waals surface area contributed by atoms with Gasteiger partial charge in [-0.1, -0.05) is 15.9 Å². The zero-order valence-corrected chi connectivity index (χ0v) is 16.8. The van der Waals surface area contributed by atoms with E-state index in [1.807, 2.05) is 0 Å². The Kier molecular flexibility index (Phi) is 5.03. The van der Waals surface area contributed by atoms with Gasteiger partial charge in [-0.15, -0.1) is 0 Å². The van der Waals surface area contributed by atoms with E-state index in [1.54, 1.807) is 18.2 Å². The summed E-state index contributed by atoms with van der Waals surface area (Å²) in [5, 5.41) is 2.83. The number of sulfonamides is 1. The number of aryl methyl sites for hydroxylation is 1. The highest BCUT2D eigenvalue weighted by Gasteiger charge is 2.18. The molecule has 0 aliphatic heterocycles. The minimum atomic E-state index is -4.03. The van der Waals surface area contributed by atoms with Gasteiger partial charge in [0.25, 0.3) is 15.6 Å². The van der Waals surface area contributed by atoms with Crippen LogP contribution in [-0.2, 0) is 14.8 Å². The molecule has 0 unspecified atom stereocenters. The number of hydrogen-bond acceptors (Lipinski definition) is 5. The van der Waals surface area contributed by atoms with Crippen LogP contribution in [0.5, 0.6) is 0 Å². The van der Waals surface area contributed by atoms with E-state index in [2.05, 4.69) is 31.1 Å². The van der Waals surface area contributed by atoms with E-state index >= 15 is 0 Å². The summed E-state index contributed by atoms with van der Waals surface area (Å²) in [6.07, 6.45) is 0. The van der Waals surface area contributed by atoms with Crippen molar-refractivity contribution in [3.63, 3.8) is 0 Å². The maximum atomic E-state index is 12.7. The third-order valence-corrected chi connectivity index (χ3v) is 5.50. The molecule has 0 radical (unpaired) electrons. The molecule has 8 nitrogen and oxygen atoms in total. The van der Waals surface area contributed by atoms with Gasteiger partial charge in [-0.3, -0.25) is 9.59 Å². The highest BCUT2D eigenvalue weighted by Crippen LogP contribution is 2.17. The van der Waals surface area contributed by atoms with Crippen LogP contribution in [0.4, 0.5) is 5.69 Å². The van der Waals surface area contributed by atoms with Crippen molar-refractivity contribution < 1.29 is 13.2 Å². The van der Waals surface area contributed by atoms with Crippen LogP contribution in [-0.4, -0.2) is 24.0 Å². The third kappa shape index (κ3) is 4.01. The van der Waals surface area contributed by atoms with E-state index in [0.717, 1.165) is 4.68 Å². The van der Waals surface area contributed by atoms with Gasteiger partial charge in [0.05, 0.1) is 15.8 Å². The van der Waals surface area contributed by atoms with Crippen molar-refractivity contribution >= 4 is 48.5 Å². The number of carbonyl (C=O) groups is 1. The first-order valence-corrected chi connectivity index (χ1v) is 10.0. The molecule has 3 aromatic rings. The molecule has 27 heavy (non-hydrogen) atoms. The number of nitrogens with zero attached hydrogens (tertiary/aromatic N) is 2. The fraction of sp³-hybridized carbons (Fsp3) is 0.118. The Labute approximate surface area is 163 Å². The lowest BCUT2D eigenvalue weighted by Gasteiger charge is -2.14. The summed E-state index contributed by atoms with van der Waals surface area (Å²) < 4.78 is 26.9. The van der Waals surface area contributed by atoms with Crippen LogP contribution < -0.4 is 15.7 Å². The molecule has 3 rings (SSSR count). The maximum absolute atomic E-state index is 12.7. The summed E-state index contributed by atoms with van der Waals surface area (Å²) in [5.41, 5.74) is 0.403. The summed E-state index contributed by atoms with van der Waals surface area (Å²) in [5.74, 6) is -0.0624. The molecule has 1 aromatic heterocycles. The number of carbonyl (C=O) groups excluding carboxylic acids is 1. The lowest BCUT2D eigenvalue weighted by atomic mass is 10.2. The molecular formula is C17H15BrN4O4S. The molecule has 1 heterocycles. The van der Waals surface area contributed by atoms with Crippen LogP contribution in [0.15, 0.2) is 56.6 Å². The monoisotopic (exact) mass is 450 g/mol. The zero-order valence-electron chi connectivity index (χ0n) is 14.4. The van der Waals surface area contributed by atoms with E-state index in [1.165, 1.54) is 38.1 Å². The third-order valence-electron chi connectivity index (χ3n) is 3.69. The Morgan fingerprint density at radius 3 is 2.44 bits per heavy atom. The van der Waals surface area contributed by atoms with Gasteiger partial charge in [0.2, 0.25) is 5.91 Å². The Morgan fingerprint density at radius 2 is 1.81 bits per heavy atom. The number of benzene rings is 2. The van der Waals surface area contributed by atoms with Gasteiger partial charge >= 0.3 is 0 Å². The minimum Gasteiger partial charge on any atom is -0.326 e. The number of hydrogen-bond donors (Lipinski definition) is 2. The molecule has 140 valence electrons. The highest BCUT2D eigenvalue weighted by atomic mass is 79.9. The summed E-state index contributed by atoms with van der Waals surface area (Å²) >= 11 is 3.29. The van der Waals surface area contributed by atoms with Gasteiger partial charge in [-0.2, -0.15) is 13.1 Å². The van der Waals surface area contributed by atoms with Crippen molar-refractivity contribution in [1.82, 2.24) is 9.66 Å². The van der Waals surface area contributed by atoms with Crippen LogP contribution in [0.25, 0.3) is 10.9 Å². The lowest BCUT2D eigenvalue weighted by molar-refractivity contribution is -0.114. The van der Waals surface area contributed by atoms with Crippen molar-refractivity contribution in [3.05, 3.63) is 63.1 Å². The number of amides is 1.